The summed E-state index contributed by atoms with van der Waals surface area (Å²) in [6.07, 6.45) is 2.38. The monoisotopic (exact) mass is 395 g/mol. The minimum atomic E-state index is -0.686. The molecule has 0 aliphatic carbocycles. The first-order valence-corrected chi connectivity index (χ1v) is 10.0. The summed E-state index contributed by atoms with van der Waals surface area (Å²) in [5.41, 5.74) is 8.00. The summed E-state index contributed by atoms with van der Waals surface area (Å²) in [5, 5.41) is 3.96. The van der Waals surface area contributed by atoms with Crippen molar-refractivity contribution in [3.8, 4) is 5.75 Å². The zero-order valence-electron chi connectivity index (χ0n) is 17.1. The maximum Gasteiger partial charge on any atom is 0.266 e. The number of ether oxygens (including phenoxy) is 1. The molecule has 1 aliphatic heterocycles. The number of likely N-dealkylation sites (tertiary alicyclic amines) is 1. The van der Waals surface area contributed by atoms with Gasteiger partial charge in [0.15, 0.2) is 5.84 Å². The van der Waals surface area contributed by atoms with Crippen LogP contribution in [0.5, 0.6) is 5.75 Å². The van der Waals surface area contributed by atoms with Crippen LogP contribution in [0.3, 0.4) is 0 Å². The standard InChI is InChI=1S/C23H29N3O3/c1-17(29-25-22(24)20-10-6-7-11-21(20)28-2)23(27)26-14-12-19(13-15-26)16-18-8-4-3-5-9-18/h3-11,17,19H,12-16H2,1-2H3,(H2,24,25). The number of amides is 1. The maximum absolute atomic E-state index is 12.7. The SMILES string of the molecule is COc1ccccc1/C(N)=N/OC(C)C(=O)N1CCC(Cc2ccccc2)CC1. The highest BCUT2D eigenvalue weighted by molar-refractivity contribution is 5.99. The third kappa shape index (κ3) is 5.50. The van der Waals surface area contributed by atoms with Gasteiger partial charge in [0, 0.05) is 13.1 Å². The first-order valence-electron chi connectivity index (χ1n) is 10.0. The van der Waals surface area contributed by atoms with E-state index in [4.69, 9.17) is 15.3 Å². The van der Waals surface area contributed by atoms with Gasteiger partial charge in [0.05, 0.1) is 12.7 Å². The number of hydrogen-bond acceptors (Lipinski definition) is 4. The van der Waals surface area contributed by atoms with E-state index in [1.165, 1.54) is 5.56 Å². The summed E-state index contributed by atoms with van der Waals surface area (Å²) in [5.74, 6) is 1.34. The normalized spacial score (nSPS) is 16.3. The number of para-hydroxylation sites is 1. The fourth-order valence-electron chi connectivity index (χ4n) is 3.65. The molecule has 1 saturated heterocycles. The highest BCUT2D eigenvalue weighted by Crippen LogP contribution is 2.22. The molecule has 29 heavy (non-hydrogen) atoms. The van der Waals surface area contributed by atoms with Gasteiger partial charge in [0.1, 0.15) is 5.75 Å². The predicted octanol–water partition coefficient (Wildman–Crippen LogP) is 3.20. The quantitative estimate of drug-likeness (QED) is 0.444. The Kier molecular flexibility index (Phi) is 7.11. The van der Waals surface area contributed by atoms with Gasteiger partial charge in [0.2, 0.25) is 6.10 Å². The van der Waals surface area contributed by atoms with Crippen molar-refractivity contribution in [3.05, 3.63) is 65.7 Å². The molecule has 1 aliphatic rings. The number of carbonyl (C=O) groups is 1. The Hall–Kier alpha value is -3.02. The molecule has 154 valence electrons. The van der Waals surface area contributed by atoms with Gasteiger partial charge in [-0.25, -0.2) is 0 Å². The zero-order valence-corrected chi connectivity index (χ0v) is 17.1. The number of hydrogen-bond donors (Lipinski definition) is 1. The van der Waals surface area contributed by atoms with Gasteiger partial charge in [-0.05, 0) is 49.8 Å². The zero-order chi connectivity index (χ0) is 20.6. The Morgan fingerprint density at radius 3 is 2.48 bits per heavy atom. The van der Waals surface area contributed by atoms with Crippen LogP contribution in [0, 0.1) is 5.92 Å². The van der Waals surface area contributed by atoms with Crippen LogP contribution < -0.4 is 10.5 Å². The number of carbonyl (C=O) groups excluding carboxylic acids is 1. The molecule has 1 atom stereocenters. The summed E-state index contributed by atoms with van der Waals surface area (Å²) in [6, 6.07) is 17.8. The molecule has 1 unspecified atom stereocenters. The number of amidine groups is 1. The van der Waals surface area contributed by atoms with Gasteiger partial charge in [-0.3, -0.25) is 4.79 Å². The second kappa shape index (κ2) is 9.96. The molecule has 6 nitrogen and oxygen atoms in total. The van der Waals surface area contributed by atoms with E-state index in [-0.39, 0.29) is 11.7 Å². The second-order valence-corrected chi connectivity index (χ2v) is 7.38. The molecule has 0 radical (unpaired) electrons. The van der Waals surface area contributed by atoms with Crippen molar-refractivity contribution in [3.63, 3.8) is 0 Å². The molecule has 1 fully saturated rings. The van der Waals surface area contributed by atoms with E-state index in [0.29, 0.717) is 17.2 Å². The van der Waals surface area contributed by atoms with Crippen molar-refractivity contribution in [2.75, 3.05) is 20.2 Å². The van der Waals surface area contributed by atoms with Crippen LogP contribution in [0.4, 0.5) is 0 Å². The Morgan fingerprint density at radius 2 is 1.79 bits per heavy atom. The fraction of sp³-hybridized carbons (Fsp3) is 0.391. The van der Waals surface area contributed by atoms with E-state index in [0.717, 1.165) is 32.4 Å². The molecule has 2 aromatic rings. The van der Waals surface area contributed by atoms with Crippen LogP contribution >= 0.6 is 0 Å². The topological polar surface area (TPSA) is 77.1 Å². The molecule has 6 heteroatoms. The van der Waals surface area contributed by atoms with Gasteiger partial charge in [-0.15, -0.1) is 0 Å². The molecule has 2 N–H and O–H groups in total. The Bertz CT molecular complexity index is 830. The van der Waals surface area contributed by atoms with E-state index in [2.05, 4.69) is 29.4 Å². The predicted molar refractivity (Wildman–Crippen MR) is 114 cm³/mol. The van der Waals surface area contributed by atoms with Crippen LogP contribution in [0.25, 0.3) is 0 Å². The molecule has 1 heterocycles. The van der Waals surface area contributed by atoms with Gasteiger partial charge in [-0.1, -0.05) is 47.6 Å². The minimum absolute atomic E-state index is 0.0558. The molecule has 1 amide bonds. The first-order chi connectivity index (χ1) is 14.1. The van der Waals surface area contributed by atoms with Crippen LogP contribution in [0.15, 0.2) is 59.8 Å². The lowest BCUT2D eigenvalue weighted by Crippen LogP contribution is -2.43. The molecule has 0 spiro atoms. The van der Waals surface area contributed by atoms with Crippen molar-refractivity contribution in [1.29, 1.82) is 0 Å². The number of piperidine rings is 1. The lowest BCUT2D eigenvalue weighted by molar-refractivity contribution is -0.144. The Balaban J connectivity index is 1.50. The number of rotatable bonds is 7. The van der Waals surface area contributed by atoms with E-state index in [9.17, 15) is 4.79 Å². The number of benzene rings is 2. The first kappa shape index (κ1) is 20.7. The summed E-state index contributed by atoms with van der Waals surface area (Å²) in [6.45, 7) is 3.20. The van der Waals surface area contributed by atoms with Crippen molar-refractivity contribution in [1.82, 2.24) is 4.90 Å². The number of methoxy groups -OCH3 is 1. The van der Waals surface area contributed by atoms with Crippen molar-refractivity contribution in [2.24, 2.45) is 16.8 Å². The van der Waals surface area contributed by atoms with Crippen LogP contribution in [0.2, 0.25) is 0 Å². The molecule has 0 saturated carbocycles. The third-order valence-corrected chi connectivity index (χ3v) is 5.33. The van der Waals surface area contributed by atoms with E-state index in [1.807, 2.05) is 23.1 Å². The van der Waals surface area contributed by atoms with Crippen molar-refractivity contribution >= 4 is 11.7 Å². The van der Waals surface area contributed by atoms with Gasteiger partial charge in [-0.2, -0.15) is 0 Å². The second-order valence-electron chi connectivity index (χ2n) is 7.38. The van der Waals surface area contributed by atoms with E-state index >= 15 is 0 Å². The van der Waals surface area contributed by atoms with Crippen molar-refractivity contribution < 1.29 is 14.4 Å². The highest BCUT2D eigenvalue weighted by Gasteiger charge is 2.27. The maximum atomic E-state index is 12.7. The Labute approximate surface area is 172 Å². The summed E-state index contributed by atoms with van der Waals surface area (Å²) >= 11 is 0. The van der Waals surface area contributed by atoms with Crippen LogP contribution in [0.1, 0.15) is 30.9 Å². The lowest BCUT2D eigenvalue weighted by atomic mass is 9.90. The average Bonchev–Trinajstić information content (AvgIpc) is 2.78. The molecular weight excluding hydrogens is 366 g/mol. The van der Waals surface area contributed by atoms with Gasteiger partial charge >= 0.3 is 0 Å². The van der Waals surface area contributed by atoms with Gasteiger partial charge in [0.25, 0.3) is 5.91 Å². The highest BCUT2D eigenvalue weighted by atomic mass is 16.6. The molecule has 2 aromatic carbocycles. The minimum Gasteiger partial charge on any atom is -0.496 e. The van der Waals surface area contributed by atoms with Gasteiger partial charge < -0.3 is 20.2 Å². The molecule has 3 rings (SSSR count). The largest absolute Gasteiger partial charge is 0.496 e. The van der Waals surface area contributed by atoms with Crippen LogP contribution in [-0.2, 0) is 16.1 Å². The summed E-state index contributed by atoms with van der Waals surface area (Å²) < 4.78 is 5.28. The average molecular weight is 396 g/mol. The number of oxime groups is 1. The smallest absolute Gasteiger partial charge is 0.266 e. The van der Waals surface area contributed by atoms with Crippen LogP contribution in [-0.4, -0.2) is 42.9 Å². The summed E-state index contributed by atoms with van der Waals surface area (Å²) in [7, 11) is 1.57. The molecule has 0 aromatic heterocycles. The number of nitrogens with zero attached hydrogens (tertiary/aromatic N) is 2. The molecular formula is C23H29N3O3. The van der Waals surface area contributed by atoms with Crippen molar-refractivity contribution in [2.45, 2.75) is 32.3 Å². The fourth-order valence-corrected chi connectivity index (χ4v) is 3.65. The third-order valence-electron chi connectivity index (χ3n) is 5.33. The molecule has 0 bridgehead atoms. The van der Waals surface area contributed by atoms with E-state index < -0.39 is 6.10 Å². The number of nitrogens with two attached hydrogens (primary N) is 1. The Morgan fingerprint density at radius 1 is 1.14 bits per heavy atom. The van der Waals surface area contributed by atoms with E-state index in [1.54, 1.807) is 26.2 Å². The summed E-state index contributed by atoms with van der Waals surface area (Å²) in [4.78, 5) is 20.0. The lowest BCUT2D eigenvalue weighted by Gasteiger charge is -2.33.